The highest BCUT2D eigenvalue weighted by Crippen LogP contribution is 2.31. The molecule has 1 atom stereocenters. The van der Waals surface area contributed by atoms with E-state index in [1.54, 1.807) is 11.8 Å². The first-order chi connectivity index (χ1) is 9.44. The maximum absolute atomic E-state index is 11.6. The molecular weight excluding hydrogens is 288 g/mol. The maximum atomic E-state index is 11.6. The first-order valence-electron chi connectivity index (χ1n) is 6.63. The Morgan fingerprint density at radius 2 is 2.05 bits per heavy atom. The number of rotatable bonds is 3. The highest BCUT2D eigenvalue weighted by molar-refractivity contribution is 8.12. The smallest absolute Gasteiger partial charge is 0.407 e. The van der Waals surface area contributed by atoms with E-state index in [9.17, 15) is 4.79 Å². The molecular formula is C15H22N2O3S. The number of carbonyl (C=O) groups excluding carboxylic acids is 1. The highest BCUT2D eigenvalue weighted by Gasteiger charge is 2.16. The fraction of sp³-hybridized carbons (Fsp3) is 0.467. The SMILES string of the molecule is CC(C)(C)OC(=O)NCc1ccc(C2CN=CS2)cc1.O. The molecule has 0 saturated carbocycles. The third kappa shape index (κ3) is 5.77. The Hall–Kier alpha value is -1.53. The summed E-state index contributed by atoms with van der Waals surface area (Å²) < 4.78 is 5.19. The van der Waals surface area contributed by atoms with Crippen LogP contribution in [0.1, 0.15) is 37.1 Å². The fourth-order valence-electron chi connectivity index (χ4n) is 1.82. The molecule has 0 radical (unpaired) electrons. The van der Waals surface area contributed by atoms with Crippen LogP contribution in [0, 0.1) is 0 Å². The molecule has 0 aliphatic carbocycles. The van der Waals surface area contributed by atoms with Crippen molar-refractivity contribution in [2.75, 3.05) is 6.54 Å². The number of hydrogen-bond acceptors (Lipinski definition) is 4. The first-order valence-corrected chi connectivity index (χ1v) is 7.58. The predicted octanol–water partition coefficient (Wildman–Crippen LogP) is 2.70. The summed E-state index contributed by atoms with van der Waals surface area (Å²) in [6.45, 7) is 6.87. The summed E-state index contributed by atoms with van der Waals surface area (Å²) in [5, 5.41) is 3.19. The Balaban J connectivity index is 0.00000220. The van der Waals surface area contributed by atoms with Gasteiger partial charge in [-0.1, -0.05) is 24.3 Å². The summed E-state index contributed by atoms with van der Waals surface area (Å²) in [4.78, 5) is 15.8. The molecule has 1 aromatic rings. The minimum Gasteiger partial charge on any atom is -0.444 e. The Labute approximate surface area is 129 Å². The highest BCUT2D eigenvalue weighted by atomic mass is 32.2. The zero-order valence-electron chi connectivity index (χ0n) is 12.6. The molecule has 0 bridgehead atoms. The summed E-state index contributed by atoms with van der Waals surface area (Å²) >= 11 is 1.74. The lowest BCUT2D eigenvalue weighted by Crippen LogP contribution is -2.32. The van der Waals surface area contributed by atoms with Crippen LogP contribution in [0.3, 0.4) is 0 Å². The van der Waals surface area contributed by atoms with Crippen LogP contribution >= 0.6 is 11.8 Å². The zero-order valence-corrected chi connectivity index (χ0v) is 13.4. The monoisotopic (exact) mass is 310 g/mol. The van der Waals surface area contributed by atoms with Gasteiger partial charge in [0.15, 0.2) is 0 Å². The van der Waals surface area contributed by atoms with Gasteiger partial charge in [0.25, 0.3) is 0 Å². The second-order valence-electron chi connectivity index (χ2n) is 5.69. The van der Waals surface area contributed by atoms with Crippen molar-refractivity contribution in [3.63, 3.8) is 0 Å². The lowest BCUT2D eigenvalue weighted by molar-refractivity contribution is 0.0523. The van der Waals surface area contributed by atoms with Crippen molar-refractivity contribution < 1.29 is 15.0 Å². The van der Waals surface area contributed by atoms with Crippen LogP contribution in [0.15, 0.2) is 29.3 Å². The lowest BCUT2D eigenvalue weighted by Gasteiger charge is -2.19. The van der Waals surface area contributed by atoms with Crippen LogP contribution < -0.4 is 5.32 Å². The molecule has 6 heteroatoms. The van der Waals surface area contributed by atoms with E-state index in [2.05, 4.69) is 22.4 Å². The second-order valence-corrected chi connectivity index (χ2v) is 6.74. The van der Waals surface area contributed by atoms with Crippen LogP contribution in [0.4, 0.5) is 4.79 Å². The van der Waals surface area contributed by atoms with Gasteiger partial charge in [0, 0.05) is 6.54 Å². The van der Waals surface area contributed by atoms with Crippen LogP contribution in [0.5, 0.6) is 0 Å². The number of benzene rings is 1. The molecule has 116 valence electrons. The van der Waals surface area contributed by atoms with Gasteiger partial charge in [-0.2, -0.15) is 0 Å². The van der Waals surface area contributed by atoms with Crippen molar-refractivity contribution in [1.29, 1.82) is 0 Å². The van der Waals surface area contributed by atoms with Crippen molar-refractivity contribution in [1.82, 2.24) is 5.32 Å². The third-order valence-corrected chi connectivity index (χ3v) is 3.78. The predicted molar refractivity (Wildman–Crippen MR) is 86.8 cm³/mol. The van der Waals surface area contributed by atoms with Gasteiger partial charge < -0.3 is 15.5 Å². The number of ether oxygens (including phenoxy) is 1. The summed E-state index contributed by atoms with van der Waals surface area (Å²) in [6, 6.07) is 8.26. The van der Waals surface area contributed by atoms with Gasteiger partial charge in [-0.05, 0) is 31.9 Å². The number of amides is 1. The first kappa shape index (κ1) is 17.5. The topological polar surface area (TPSA) is 82.2 Å². The molecule has 1 amide bonds. The van der Waals surface area contributed by atoms with Crippen molar-refractivity contribution >= 4 is 23.4 Å². The number of alkyl carbamates (subject to hydrolysis) is 1. The number of nitrogens with one attached hydrogen (secondary N) is 1. The van der Waals surface area contributed by atoms with E-state index in [1.807, 2.05) is 38.5 Å². The largest absolute Gasteiger partial charge is 0.444 e. The maximum Gasteiger partial charge on any atom is 0.407 e. The molecule has 2 rings (SSSR count). The van der Waals surface area contributed by atoms with Crippen molar-refractivity contribution in [2.24, 2.45) is 4.99 Å². The summed E-state index contributed by atoms with van der Waals surface area (Å²) in [6.07, 6.45) is -0.388. The molecule has 1 aliphatic rings. The molecule has 0 fully saturated rings. The van der Waals surface area contributed by atoms with E-state index in [-0.39, 0.29) is 11.6 Å². The molecule has 3 N–H and O–H groups in total. The van der Waals surface area contributed by atoms with E-state index >= 15 is 0 Å². The Morgan fingerprint density at radius 1 is 1.38 bits per heavy atom. The molecule has 1 aliphatic heterocycles. The van der Waals surface area contributed by atoms with Gasteiger partial charge in [0.1, 0.15) is 5.60 Å². The molecule has 21 heavy (non-hydrogen) atoms. The van der Waals surface area contributed by atoms with E-state index in [0.717, 1.165) is 12.1 Å². The Morgan fingerprint density at radius 3 is 2.57 bits per heavy atom. The summed E-state index contributed by atoms with van der Waals surface area (Å²) in [5.41, 5.74) is 3.77. The van der Waals surface area contributed by atoms with Crippen molar-refractivity contribution in [3.8, 4) is 0 Å². The van der Waals surface area contributed by atoms with Crippen molar-refractivity contribution in [2.45, 2.75) is 38.2 Å². The molecule has 0 aromatic heterocycles. The fourth-order valence-corrected chi connectivity index (χ4v) is 2.63. The molecule has 0 spiro atoms. The van der Waals surface area contributed by atoms with Crippen LogP contribution in [0.2, 0.25) is 0 Å². The quantitative estimate of drug-likeness (QED) is 0.931. The minimum absolute atomic E-state index is 0. The van der Waals surface area contributed by atoms with Gasteiger partial charge in [0.05, 0.1) is 17.3 Å². The average Bonchev–Trinajstić information content (AvgIpc) is 2.89. The number of nitrogens with zero attached hydrogens (tertiary/aromatic N) is 1. The standard InChI is InChI=1S/C15H20N2O2S.H2O/c1-15(2,3)19-14(18)17-8-11-4-6-12(7-5-11)13-9-16-10-20-13;/h4-7,10,13H,8-9H2,1-3H3,(H,17,18);1H2. The normalized spacial score (nSPS) is 17.2. The van der Waals surface area contributed by atoms with Crippen LogP contribution in [0.25, 0.3) is 0 Å². The molecule has 0 saturated heterocycles. The Kier molecular flexibility index (Phi) is 6.23. The lowest BCUT2D eigenvalue weighted by atomic mass is 10.1. The number of aliphatic imine (C=N–C) groups is 1. The molecule has 1 unspecified atom stereocenters. The van der Waals surface area contributed by atoms with E-state index in [4.69, 9.17) is 4.74 Å². The van der Waals surface area contributed by atoms with E-state index < -0.39 is 5.60 Å². The summed E-state index contributed by atoms with van der Waals surface area (Å²) in [7, 11) is 0. The van der Waals surface area contributed by atoms with E-state index in [1.165, 1.54) is 5.56 Å². The second kappa shape index (κ2) is 7.47. The Bertz CT molecular complexity index is 487. The number of hydrogen-bond donors (Lipinski definition) is 1. The molecule has 1 heterocycles. The minimum atomic E-state index is -0.465. The van der Waals surface area contributed by atoms with Crippen LogP contribution in [-0.4, -0.2) is 29.3 Å². The average molecular weight is 310 g/mol. The summed E-state index contributed by atoms with van der Waals surface area (Å²) in [5.74, 6) is 0. The zero-order chi connectivity index (χ0) is 14.6. The van der Waals surface area contributed by atoms with E-state index in [0.29, 0.717) is 11.8 Å². The van der Waals surface area contributed by atoms with Gasteiger partial charge in [-0.25, -0.2) is 4.79 Å². The third-order valence-electron chi connectivity index (χ3n) is 2.76. The van der Waals surface area contributed by atoms with Gasteiger partial charge in [-0.3, -0.25) is 4.99 Å². The van der Waals surface area contributed by atoms with Crippen molar-refractivity contribution in [3.05, 3.63) is 35.4 Å². The van der Waals surface area contributed by atoms with Gasteiger partial charge in [0.2, 0.25) is 0 Å². The molecule has 1 aromatic carbocycles. The number of thioether (sulfide) groups is 1. The van der Waals surface area contributed by atoms with Crippen LogP contribution in [-0.2, 0) is 11.3 Å². The molecule has 5 nitrogen and oxygen atoms in total. The van der Waals surface area contributed by atoms with Gasteiger partial charge in [-0.15, -0.1) is 11.8 Å². The number of carbonyl (C=O) groups is 1. The van der Waals surface area contributed by atoms with Gasteiger partial charge >= 0.3 is 6.09 Å².